The molecule has 4 heterocycles. The van der Waals surface area contributed by atoms with Crippen LogP contribution in [-0.2, 0) is 11.3 Å². The van der Waals surface area contributed by atoms with Gasteiger partial charge in [-0.25, -0.2) is 0 Å². The fourth-order valence-electron chi connectivity index (χ4n) is 5.89. The molecule has 1 saturated heterocycles. The predicted molar refractivity (Wildman–Crippen MR) is 132 cm³/mol. The van der Waals surface area contributed by atoms with Gasteiger partial charge in [0.15, 0.2) is 5.58 Å². The highest BCUT2D eigenvalue weighted by Gasteiger charge is 2.48. The lowest BCUT2D eigenvalue weighted by atomic mass is 9.93. The average molecular weight is 470 g/mol. The Balaban J connectivity index is 1.42. The number of furan rings is 1. The zero-order valence-electron chi connectivity index (χ0n) is 20.9. The minimum absolute atomic E-state index is 0.0288. The van der Waals surface area contributed by atoms with Crippen LogP contribution in [0.25, 0.3) is 11.1 Å². The summed E-state index contributed by atoms with van der Waals surface area (Å²) >= 11 is 0. The van der Waals surface area contributed by atoms with Crippen LogP contribution in [0.15, 0.2) is 16.5 Å². The molecule has 8 heteroatoms. The second-order valence-corrected chi connectivity index (χ2v) is 10.8. The molecule has 0 radical (unpaired) electrons. The number of carbonyl (C=O) groups is 2. The van der Waals surface area contributed by atoms with Crippen LogP contribution >= 0.6 is 0 Å². The van der Waals surface area contributed by atoms with Crippen molar-refractivity contribution in [2.75, 3.05) is 46.3 Å². The molecule has 34 heavy (non-hydrogen) atoms. The molecule has 0 unspecified atom stereocenters. The largest absolute Gasteiger partial charge is 0.460 e. The maximum atomic E-state index is 13.9. The van der Waals surface area contributed by atoms with Gasteiger partial charge in [0.1, 0.15) is 17.0 Å². The first-order valence-electron chi connectivity index (χ1n) is 13.0. The van der Waals surface area contributed by atoms with Gasteiger partial charge in [0.2, 0.25) is 5.91 Å². The van der Waals surface area contributed by atoms with Crippen molar-refractivity contribution in [3.05, 3.63) is 23.6 Å². The number of nitrogens with one attached hydrogen (secondary N) is 1. The zero-order valence-corrected chi connectivity index (χ0v) is 20.9. The van der Waals surface area contributed by atoms with E-state index in [0.29, 0.717) is 24.4 Å². The summed E-state index contributed by atoms with van der Waals surface area (Å²) in [5.74, 6) is 0.705. The van der Waals surface area contributed by atoms with Crippen molar-refractivity contribution in [1.29, 1.82) is 0 Å². The fourth-order valence-corrected chi connectivity index (χ4v) is 5.89. The Morgan fingerprint density at radius 2 is 1.79 bits per heavy atom. The van der Waals surface area contributed by atoms with Gasteiger partial charge >= 0.3 is 0 Å². The molecule has 1 N–H and O–H groups in total. The molecule has 0 bridgehead atoms. The number of nitrogens with zero attached hydrogens (tertiary/aromatic N) is 4. The van der Waals surface area contributed by atoms with E-state index in [1.165, 1.54) is 12.8 Å². The third-order valence-electron chi connectivity index (χ3n) is 8.15. The van der Waals surface area contributed by atoms with Gasteiger partial charge in [0, 0.05) is 57.4 Å². The summed E-state index contributed by atoms with van der Waals surface area (Å²) in [5.41, 5.74) is 1.29. The van der Waals surface area contributed by atoms with Gasteiger partial charge in [-0.05, 0) is 33.7 Å². The van der Waals surface area contributed by atoms with E-state index in [1.54, 1.807) is 0 Å². The van der Waals surface area contributed by atoms with E-state index >= 15 is 0 Å². The Kier molecular flexibility index (Phi) is 6.46. The van der Waals surface area contributed by atoms with Crippen molar-refractivity contribution < 1.29 is 14.0 Å². The lowest BCUT2D eigenvalue weighted by Crippen LogP contribution is -2.66. The standard InChI is InChI=1S/C26H39N5O3/c1-19-16-21-23(34-19)17-22-24(32)31(15-14-29-12-10-28(3)11-13-29)26(2,18-30(21)22)25(33)27-20-8-6-4-5-7-9-20/h16-17,20H,4-15,18H2,1-3H3,(H,27,33)/t26-/m1/s1. The van der Waals surface area contributed by atoms with Crippen molar-refractivity contribution in [3.63, 3.8) is 0 Å². The summed E-state index contributed by atoms with van der Waals surface area (Å²) in [4.78, 5) is 34.2. The molecular weight excluding hydrogens is 430 g/mol. The van der Waals surface area contributed by atoms with Crippen LogP contribution < -0.4 is 5.32 Å². The van der Waals surface area contributed by atoms with Crippen LogP contribution in [0, 0.1) is 6.92 Å². The van der Waals surface area contributed by atoms with Crippen molar-refractivity contribution in [2.24, 2.45) is 0 Å². The first kappa shape index (κ1) is 23.4. The lowest BCUT2D eigenvalue weighted by molar-refractivity contribution is -0.133. The number of piperazine rings is 1. The smallest absolute Gasteiger partial charge is 0.271 e. The lowest BCUT2D eigenvalue weighted by Gasteiger charge is -2.45. The van der Waals surface area contributed by atoms with Gasteiger partial charge in [-0.3, -0.25) is 14.5 Å². The van der Waals surface area contributed by atoms with Crippen LogP contribution in [0.3, 0.4) is 0 Å². The minimum Gasteiger partial charge on any atom is -0.460 e. The summed E-state index contributed by atoms with van der Waals surface area (Å²) < 4.78 is 7.82. The first-order valence-corrected chi connectivity index (χ1v) is 13.0. The molecule has 2 aliphatic heterocycles. The maximum absolute atomic E-state index is 13.9. The molecule has 1 atom stereocenters. The molecule has 0 spiro atoms. The number of rotatable bonds is 5. The Bertz CT molecular complexity index is 1040. The van der Waals surface area contributed by atoms with E-state index in [4.69, 9.17) is 4.42 Å². The summed E-state index contributed by atoms with van der Waals surface area (Å²) in [6.45, 7) is 9.68. The van der Waals surface area contributed by atoms with Crippen LogP contribution in [0.2, 0.25) is 0 Å². The number of hydrogen-bond acceptors (Lipinski definition) is 5. The summed E-state index contributed by atoms with van der Waals surface area (Å²) in [7, 11) is 2.14. The van der Waals surface area contributed by atoms with Crippen LogP contribution in [-0.4, -0.2) is 89.0 Å². The van der Waals surface area contributed by atoms with E-state index in [0.717, 1.165) is 69.7 Å². The molecule has 3 aliphatic rings. The third kappa shape index (κ3) is 4.38. The Morgan fingerprint density at radius 3 is 2.50 bits per heavy atom. The number of carbonyl (C=O) groups excluding carboxylic acids is 2. The second-order valence-electron chi connectivity index (χ2n) is 10.8. The SMILES string of the molecule is Cc1cc2c(cc3n2C[C@](C)(C(=O)NC2CCCCCC2)N(CCN2CCN(C)CC2)C3=O)o1. The number of likely N-dealkylation sites (N-methyl/N-ethyl adjacent to an activating group) is 1. The van der Waals surface area contributed by atoms with Gasteiger partial charge in [-0.2, -0.15) is 0 Å². The van der Waals surface area contributed by atoms with Gasteiger partial charge < -0.3 is 24.1 Å². The van der Waals surface area contributed by atoms with E-state index in [-0.39, 0.29) is 17.9 Å². The summed E-state index contributed by atoms with van der Waals surface area (Å²) in [6.07, 6.45) is 6.84. The van der Waals surface area contributed by atoms with Crippen LogP contribution in [0.5, 0.6) is 0 Å². The van der Waals surface area contributed by atoms with Crippen molar-refractivity contribution in [3.8, 4) is 0 Å². The van der Waals surface area contributed by atoms with Crippen molar-refractivity contribution in [2.45, 2.75) is 70.5 Å². The number of amides is 2. The van der Waals surface area contributed by atoms with E-state index in [2.05, 4.69) is 22.2 Å². The minimum atomic E-state index is -0.944. The first-order chi connectivity index (χ1) is 16.3. The zero-order chi connectivity index (χ0) is 23.9. The summed E-state index contributed by atoms with van der Waals surface area (Å²) in [6, 6.07) is 4.01. The molecule has 5 rings (SSSR count). The molecule has 1 aliphatic carbocycles. The number of fused-ring (bicyclic) bond motifs is 3. The Hall–Kier alpha value is -2.32. The third-order valence-corrected chi connectivity index (χ3v) is 8.15. The van der Waals surface area contributed by atoms with Gasteiger partial charge in [-0.1, -0.05) is 25.7 Å². The average Bonchev–Trinajstić information content (AvgIpc) is 3.20. The monoisotopic (exact) mass is 469 g/mol. The molecule has 2 fully saturated rings. The fraction of sp³-hybridized carbons (Fsp3) is 0.692. The molecule has 1 saturated carbocycles. The highest BCUT2D eigenvalue weighted by Crippen LogP contribution is 2.34. The van der Waals surface area contributed by atoms with E-state index < -0.39 is 5.54 Å². The number of aromatic nitrogens is 1. The molecule has 2 aromatic heterocycles. The van der Waals surface area contributed by atoms with E-state index in [1.807, 2.05) is 35.4 Å². The van der Waals surface area contributed by atoms with E-state index in [9.17, 15) is 9.59 Å². The maximum Gasteiger partial charge on any atom is 0.271 e. The topological polar surface area (TPSA) is 74.0 Å². The molecule has 0 aromatic carbocycles. The van der Waals surface area contributed by atoms with Gasteiger partial charge in [0.25, 0.3) is 5.91 Å². The van der Waals surface area contributed by atoms with Gasteiger partial charge in [-0.15, -0.1) is 0 Å². The predicted octanol–water partition coefficient (Wildman–Crippen LogP) is 2.84. The van der Waals surface area contributed by atoms with Crippen LogP contribution in [0.4, 0.5) is 0 Å². The van der Waals surface area contributed by atoms with Crippen molar-refractivity contribution >= 4 is 22.9 Å². The quantitative estimate of drug-likeness (QED) is 0.682. The van der Waals surface area contributed by atoms with Crippen LogP contribution in [0.1, 0.15) is 61.7 Å². The Labute approximate surface area is 202 Å². The molecule has 2 amide bonds. The summed E-state index contributed by atoms with van der Waals surface area (Å²) in [5, 5.41) is 3.35. The molecule has 8 nitrogen and oxygen atoms in total. The highest BCUT2D eigenvalue weighted by molar-refractivity contribution is 6.03. The molecule has 186 valence electrons. The molecule has 2 aromatic rings. The Morgan fingerprint density at radius 1 is 1.09 bits per heavy atom. The van der Waals surface area contributed by atoms with Gasteiger partial charge in [0.05, 0.1) is 12.1 Å². The molecular formula is C26H39N5O3. The van der Waals surface area contributed by atoms with Crippen molar-refractivity contribution in [1.82, 2.24) is 24.6 Å². The second kappa shape index (κ2) is 9.38. The number of aryl methyl sites for hydroxylation is 1. The number of hydrogen-bond donors (Lipinski definition) is 1. The highest BCUT2D eigenvalue weighted by atomic mass is 16.3. The normalized spacial score (nSPS) is 25.5.